The number of hydrogen-bond acceptors (Lipinski definition) is 2. The van der Waals surface area contributed by atoms with E-state index < -0.39 is 0 Å². The lowest BCUT2D eigenvalue weighted by molar-refractivity contribution is 0.827. The number of hydrogen-bond donors (Lipinski definition) is 1. The van der Waals surface area contributed by atoms with Crippen molar-refractivity contribution < 1.29 is 0 Å². The van der Waals surface area contributed by atoms with Crippen LogP contribution < -0.4 is 10.6 Å². The summed E-state index contributed by atoms with van der Waals surface area (Å²) in [6.07, 6.45) is 3.28. The van der Waals surface area contributed by atoms with Gasteiger partial charge < -0.3 is 15.2 Å². The Balaban J connectivity index is 0.000000437. The summed E-state index contributed by atoms with van der Waals surface area (Å²) in [5, 5.41) is 5.14. The summed E-state index contributed by atoms with van der Waals surface area (Å²) in [6.45, 7) is 12.0. The van der Waals surface area contributed by atoms with Crippen molar-refractivity contribution in [1.29, 1.82) is 0 Å². The normalized spacial score (nSPS) is 10.5. The van der Waals surface area contributed by atoms with Gasteiger partial charge in [-0.2, -0.15) is 0 Å². The van der Waals surface area contributed by atoms with Crippen LogP contribution in [0.25, 0.3) is 77.1 Å². The van der Waals surface area contributed by atoms with Gasteiger partial charge in [-0.25, -0.2) is 0 Å². The van der Waals surface area contributed by atoms with Crippen molar-refractivity contribution >= 4 is 49.6 Å². The zero-order chi connectivity index (χ0) is 48.0. The lowest BCUT2D eigenvalue weighted by atomic mass is 9.91. The SMILES string of the molecule is C=CC=C.CCn1c2ccccc2c2cc(-c3ccc(-c4ccc(-c5ccc(N(c6ccccc6)c6ccc(-c7ccccc7)cc6)cc5)cc4)c4ccccc34)ccc21.CN.Cc1ccccc1. The van der Waals surface area contributed by atoms with Gasteiger partial charge in [0.25, 0.3) is 0 Å². The Morgan fingerprint density at radius 1 is 0.377 bits per heavy atom. The average Bonchev–Trinajstić information content (AvgIpc) is 3.75. The largest absolute Gasteiger partial charge is 0.341 e. The van der Waals surface area contributed by atoms with Crippen LogP contribution in [0.2, 0.25) is 0 Å². The highest BCUT2D eigenvalue weighted by Crippen LogP contribution is 2.40. The van der Waals surface area contributed by atoms with Gasteiger partial charge in [-0.3, -0.25) is 0 Å². The van der Waals surface area contributed by atoms with Crippen LogP contribution in [-0.4, -0.2) is 11.6 Å². The number of benzene rings is 10. The van der Waals surface area contributed by atoms with Crippen LogP contribution in [0.1, 0.15) is 12.5 Å². The maximum absolute atomic E-state index is 4.50. The molecule has 2 N–H and O–H groups in total. The van der Waals surface area contributed by atoms with Crippen molar-refractivity contribution in [1.82, 2.24) is 4.57 Å². The van der Waals surface area contributed by atoms with E-state index in [1.54, 1.807) is 12.2 Å². The monoisotopic (exact) mass is 893 g/mol. The molecule has 3 heteroatoms. The molecule has 11 aromatic rings. The molecule has 0 bridgehead atoms. The Kier molecular flexibility index (Phi) is 15.5. The molecule has 0 unspecified atom stereocenters. The highest BCUT2D eigenvalue weighted by Gasteiger charge is 2.15. The van der Waals surface area contributed by atoms with Crippen molar-refractivity contribution in [2.45, 2.75) is 20.4 Å². The molecule has 11 rings (SSSR count). The molecule has 0 spiro atoms. The van der Waals surface area contributed by atoms with Gasteiger partial charge in [0.05, 0.1) is 0 Å². The van der Waals surface area contributed by atoms with Gasteiger partial charge in [0.1, 0.15) is 0 Å². The van der Waals surface area contributed by atoms with Crippen LogP contribution in [0.15, 0.2) is 268 Å². The lowest BCUT2D eigenvalue weighted by Crippen LogP contribution is -2.09. The van der Waals surface area contributed by atoms with E-state index in [9.17, 15) is 0 Å². The first-order valence-electron chi connectivity index (χ1n) is 23.6. The second kappa shape index (κ2) is 22.8. The highest BCUT2D eigenvalue weighted by molar-refractivity contribution is 6.11. The predicted molar refractivity (Wildman–Crippen MR) is 301 cm³/mol. The number of anilines is 3. The van der Waals surface area contributed by atoms with E-state index in [1.165, 1.54) is 89.7 Å². The van der Waals surface area contributed by atoms with Crippen molar-refractivity contribution in [3.05, 3.63) is 274 Å². The number of para-hydroxylation sites is 2. The Morgan fingerprint density at radius 3 is 1.25 bits per heavy atom. The number of fused-ring (bicyclic) bond motifs is 4. The first-order chi connectivity index (χ1) is 34.0. The number of rotatable bonds is 9. The molecule has 1 aromatic heterocycles. The van der Waals surface area contributed by atoms with E-state index in [0.29, 0.717) is 0 Å². The van der Waals surface area contributed by atoms with Gasteiger partial charge in [-0.05, 0) is 131 Å². The fraction of sp³-hybridized carbons (Fsp3) is 0.0606. The minimum absolute atomic E-state index is 0.947. The first kappa shape index (κ1) is 47.0. The number of allylic oxidation sites excluding steroid dienone is 2. The molecule has 69 heavy (non-hydrogen) atoms. The second-order valence-electron chi connectivity index (χ2n) is 16.5. The smallest absolute Gasteiger partial charge is 0.0491 e. The standard InChI is InChI=1S/C54H40N2.C7H8.C4H6.CH5N/c1-2-55-53-20-12-11-19-51(53)52-37-43(29-36-54(52)55)48-35-34-47(49-17-9-10-18-50(48)49)42-23-21-39(22-24-42)41-27-32-46(33-28-41)56(44-15-7-4-8-16-44)45-30-25-40(26-31-45)38-13-5-3-6-14-38;1-7-5-3-2-4-6-7;1-3-4-2;1-2/h3-37H,2H2,1H3;2-6H,1H3;3-4H,1-2H2;2H2,1H3. The summed E-state index contributed by atoms with van der Waals surface area (Å²) < 4.78 is 2.42. The third-order valence-electron chi connectivity index (χ3n) is 12.3. The molecule has 0 fully saturated rings. The molecule has 0 amide bonds. The van der Waals surface area contributed by atoms with Crippen LogP contribution in [0.5, 0.6) is 0 Å². The van der Waals surface area contributed by atoms with Crippen molar-refractivity contribution in [3.63, 3.8) is 0 Å². The first-order valence-corrected chi connectivity index (χ1v) is 23.6. The maximum Gasteiger partial charge on any atom is 0.0491 e. The molecule has 0 atom stereocenters. The van der Waals surface area contributed by atoms with E-state index in [4.69, 9.17) is 0 Å². The van der Waals surface area contributed by atoms with Gasteiger partial charge in [-0.1, -0.05) is 219 Å². The Labute approximate surface area is 408 Å². The fourth-order valence-corrected chi connectivity index (χ4v) is 9.00. The second-order valence-corrected chi connectivity index (χ2v) is 16.5. The van der Waals surface area contributed by atoms with Gasteiger partial charge in [0.15, 0.2) is 0 Å². The predicted octanol–water partition coefficient (Wildman–Crippen LogP) is 18.0. The summed E-state index contributed by atoms with van der Waals surface area (Å²) in [5.41, 5.74) is 21.5. The molecule has 0 aliphatic carbocycles. The molecule has 0 aliphatic heterocycles. The van der Waals surface area contributed by atoms with Crippen LogP contribution in [0, 0.1) is 6.92 Å². The minimum atomic E-state index is 0.947. The quantitative estimate of drug-likeness (QED) is 0.147. The third-order valence-corrected chi connectivity index (χ3v) is 12.3. The van der Waals surface area contributed by atoms with Crippen LogP contribution in [-0.2, 0) is 6.54 Å². The number of nitrogens with two attached hydrogens (primary N) is 1. The van der Waals surface area contributed by atoms with Gasteiger partial charge >= 0.3 is 0 Å². The Hall–Kier alpha value is -8.50. The summed E-state index contributed by atoms with van der Waals surface area (Å²) in [5.74, 6) is 0. The topological polar surface area (TPSA) is 34.2 Å². The van der Waals surface area contributed by atoms with E-state index in [1.807, 2.05) is 18.2 Å². The van der Waals surface area contributed by atoms with Gasteiger partial charge in [0.2, 0.25) is 0 Å². The van der Waals surface area contributed by atoms with Gasteiger partial charge in [0, 0.05) is 45.4 Å². The molecule has 3 nitrogen and oxygen atoms in total. The molecule has 1 heterocycles. The number of aryl methyl sites for hydroxylation is 2. The number of aromatic nitrogens is 1. The fourth-order valence-electron chi connectivity index (χ4n) is 9.00. The zero-order valence-electron chi connectivity index (χ0n) is 39.8. The van der Waals surface area contributed by atoms with E-state index in [2.05, 4.69) is 267 Å². The molecule has 0 saturated heterocycles. The molecule has 0 aliphatic rings. The van der Waals surface area contributed by atoms with E-state index in [-0.39, 0.29) is 0 Å². The molecular formula is C66H59N3. The third kappa shape index (κ3) is 10.6. The summed E-state index contributed by atoms with van der Waals surface area (Å²) in [6, 6.07) is 87.3. The van der Waals surface area contributed by atoms with E-state index in [0.717, 1.165) is 23.6 Å². The molecular weight excluding hydrogens is 835 g/mol. The molecule has 10 aromatic carbocycles. The lowest BCUT2D eigenvalue weighted by Gasteiger charge is -2.26. The molecule has 0 radical (unpaired) electrons. The Bertz CT molecular complexity index is 3380. The van der Waals surface area contributed by atoms with Crippen LogP contribution >= 0.6 is 0 Å². The van der Waals surface area contributed by atoms with Crippen LogP contribution in [0.3, 0.4) is 0 Å². The summed E-state index contributed by atoms with van der Waals surface area (Å²) >= 11 is 0. The van der Waals surface area contributed by atoms with Crippen LogP contribution in [0.4, 0.5) is 17.1 Å². The highest BCUT2D eigenvalue weighted by atomic mass is 15.1. The summed E-state index contributed by atoms with van der Waals surface area (Å²) in [4.78, 5) is 2.32. The zero-order valence-corrected chi connectivity index (χ0v) is 39.8. The van der Waals surface area contributed by atoms with Gasteiger partial charge in [-0.15, -0.1) is 0 Å². The maximum atomic E-state index is 4.50. The molecule has 338 valence electrons. The molecule has 0 saturated carbocycles. The average molecular weight is 894 g/mol. The summed E-state index contributed by atoms with van der Waals surface area (Å²) in [7, 11) is 1.50. The van der Waals surface area contributed by atoms with E-state index >= 15 is 0 Å². The number of nitrogens with zero attached hydrogens (tertiary/aromatic N) is 2. The van der Waals surface area contributed by atoms with Crippen molar-refractivity contribution in [2.24, 2.45) is 5.73 Å². The Morgan fingerprint density at radius 2 is 0.754 bits per heavy atom. The van der Waals surface area contributed by atoms with Crippen molar-refractivity contribution in [3.8, 4) is 44.5 Å². The van der Waals surface area contributed by atoms with Crippen molar-refractivity contribution in [2.75, 3.05) is 11.9 Å². The minimum Gasteiger partial charge on any atom is -0.341 e.